The van der Waals surface area contributed by atoms with Gasteiger partial charge in [0, 0.05) is 12.2 Å². The number of hydrogen-bond acceptors (Lipinski definition) is 3. The van der Waals surface area contributed by atoms with E-state index >= 15 is 0 Å². The van der Waals surface area contributed by atoms with Crippen molar-refractivity contribution in [1.82, 2.24) is 5.32 Å². The molecule has 0 radical (unpaired) electrons. The van der Waals surface area contributed by atoms with Crippen LogP contribution in [0.2, 0.25) is 0 Å². The molecule has 2 unspecified atom stereocenters. The summed E-state index contributed by atoms with van der Waals surface area (Å²) in [5, 5.41) is 5.65. The Labute approximate surface area is 136 Å². The van der Waals surface area contributed by atoms with Crippen molar-refractivity contribution in [2.24, 2.45) is 11.8 Å². The average molecular weight is 314 g/mol. The van der Waals surface area contributed by atoms with Crippen molar-refractivity contribution >= 4 is 17.5 Å². The van der Waals surface area contributed by atoms with Gasteiger partial charge >= 0.3 is 0 Å². The third-order valence-electron chi connectivity index (χ3n) is 3.88. The van der Waals surface area contributed by atoms with Gasteiger partial charge < -0.3 is 15.4 Å². The van der Waals surface area contributed by atoms with Crippen molar-refractivity contribution < 1.29 is 14.3 Å². The second-order valence-corrected chi connectivity index (χ2v) is 5.41. The predicted molar refractivity (Wildman–Crippen MR) is 90.2 cm³/mol. The molecule has 1 aromatic carbocycles. The Bertz CT molecular complexity index is 593. The molecule has 1 aliphatic carbocycles. The van der Waals surface area contributed by atoms with Crippen LogP contribution < -0.4 is 15.4 Å². The maximum absolute atomic E-state index is 12.5. The van der Waals surface area contributed by atoms with Gasteiger partial charge in [0.1, 0.15) is 5.75 Å². The number of allylic oxidation sites excluding steroid dienone is 2. The van der Waals surface area contributed by atoms with Gasteiger partial charge in [-0.1, -0.05) is 18.2 Å². The minimum absolute atomic E-state index is 0.107. The topological polar surface area (TPSA) is 67.4 Å². The summed E-state index contributed by atoms with van der Waals surface area (Å²) < 4.78 is 5.09. The summed E-state index contributed by atoms with van der Waals surface area (Å²) in [6.07, 6.45) is 6.67. The summed E-state index contributed by atoms with van der Waals surface area (Å²) >= 11 is 0. The van der Waals surface area contributed by atoms with Gasteiger partial charge in [0.25, 0.3) is 0 Å². The number of carbonyl (C=O) groups is 2. The molecule has 5 nitrogen and oxygen atoms in total. The predicted octanol–water partition coefficient (Wildman–Crippen LogP) is 2.52. The van der Waals surface area contributed by atoms with Crippen LogP contribution in [0.1, 0.15) is 12.8 Å². The third kappa shape index (κ3) is 4.45. The molecular formula is C18H22N2O3. The van der Waals surface area contributed by atoms with Crippen LogP contribution in [0.15, 0.2) is 49.1 Å². The first-order chi connectivity index (χ1) is 11.2. The fourth-order valence-electron chi connectivity index (χ4n) is 2.61. The van der Waals surface area contributed by atoms with Crippen LogP contribution in [0.4, 0.5) is 5.69 Å². The van der Waals surface area contributed by atoms with Crippen molar-refractivity contribution in [3.05, 3.63) is 49.1 Å². The lowest BCUT2D eigenvalue weighted by molar-refractivity contribution is -0.132. The normalized spacial score (nSPS) is 19.7. The van der Waals surface area contributed by atoms with E-state index in [1.165, 1.54) is 0 Å². The summed E-state index contributed by atoms with van der Waals surface area (Å²) in [6, 6.07) is 7.12. The van der Waals surface area contributed by atoms with E-state index in [4.69, 9.17) is 4.74 Å². The van der Waals surface area contributed by atoms with Crippen molar-refractivity contribution in [3.8, 4) is 5.75 Å². The fraction of sp³-hybridized carbons (Fsp3) is 0.333. The molecule has 0 saturated heterocycles. The second-order valence-electron chi connectivity index (χ2n) is 5.41. The fourth-order valence-corrected chi connectivity index (χ4v) is 2.61. The number of ether oxygens (including phenoxy) is 1. The Morgan fingerprint density at radius 2 is 1.78 bits per heavy atom. The number of carbonyl (C=O) groups excluding carboxylic acids is 2. The Morgan fingerprint density at radius 3 is 2.35 bits per heavy atom. The van der Waals surface area contributed by atoms with Gasteiger partial charge in [-0.15, -0.1) is 6.58 Å². The summed E-state index contributed by atoms with van der Waals surface area (Å²) in [5.41, 5.74) is 0.690. The van der Waals surface area contributed by atoms with E-state index < -0.39 is 0 Å². The van der Waals surface area contributed by atoms with Gasteiger partial charge in [0.15, 0.2) is 0 Å². The number of methoxy groups -OCH3 is 1. The first kappa shape index (κ1) is 16.8. The van der Waals surface area contributed by atoms with Crippen LogP contribution in [0.5, 0.6) is 5.75 Å². The second kappa shape index (κ2) is 8.17. The summed E-state index contributed by atoms with van der Waals surface area (Å²) in [6.45, 7) is 3.99. The first-order valence-electron chi connectivity index (χ1n) is 7.64. The van der Waals surface area contributed by atoms with E-state index in [2.05, 4.69) is 17.2 Å². The summed E-state index contributed by atoms with van der Waals surface area (Å²) in [4.78, 5) is 24.8. The van der Waals surface area contributed by atoms with Crippen molar-refractivity contribution in [2.75, 3.05) is 19.0 Å². The minimum atomic E-state index is -0.369. The number of anilines is 1. The molecule has 2 atom stereocenters. The van der Waals surface area contributed by atoms with Crippen molar-refractivity contribution in [1.29, 1.82) is 0 Å². The molecule has 2 rings (SSSR count). The maximum atomic E-state index is 12.5. The molecule has 0 aliphatic heterocycles. The number of benzene rings is 1. The van der Waals surface area contributed by atoms with E-state index in [-0.39, 0.29) is 23.7 Å². The van der Waals surface area contributed by atoms with E-state index in [1.54, 1.807) is 37.5 Å². The Morgan fingerprint density at radius 1 is 1.17 bits per heavy atom. The molecule has 1 aliphatic rings. The zero-order valence-corrected chi connectivity index (χ0v) is 13.2. The monoisotopic (exact) mass is 314 g/mol. The van der Waals surface area contributed by atoms with E-state index in [9.17, 15) is 9.59 Å². The number of hydrogen-bond donors (Lipinski definition) is 2. The number of rotatable bonds is 6. The van der Waals surface area contributed by atoms with Crippen molar-refractivity contribution in [2.45, 2.75) is 12.8 Å². The SMILES string of the molecule is C=CCNC(=O)C1CC=CCC1C(=O)Nc1ccc(OC)cc1. The minimum Gasteiger partial charge on any atom is -0.497 e. The molecule has 122 valence electrons. The van der Waals surface area contributed by atoms with Crippen LogP contribution in [-0.2, 0) is 9.59 Å². The van der Waals surface area contributed by atoms with Gasteiger partial charge in [-0.25, -0.2) is 0 Å². The molecule has 0 saturated carbocycles. The van der Waals surface area contributed by atoms with E-state index in [0.29, 0.717) is 25.1 Å². The highest BCUT2D eigenvalue weighted by molar-refractivity contribution is 5.96. The molecule has 2 amide bonds. The highest BCUT2D eigenvalue weighted by Crippen LogP contribution is 2.27. The van der Waals surface area contributed by atoms with Crippen LogP contribution in [0, 0.1) is 11.8 Å². The van der Waals surface area contributed by atoms with Crippen molar-refractivity contribution in [3.63, 3.8) is 0 Å². The lowest BCUT2D eigenvalue weighted by Crippen LogP contribution is -2.40. The average Bonchev–Trinajstić information content (AvgIpc) is 2.60. The maximum Gasteiger partial charge on any atom is 0.228 e. The summed E-state index contributed by atoms with van der Waals surface area (Å²) in [5.74, 6) is -0.238. The molecule has 2 N–H and O–H groups in total. The molecule has 23 heavy (non-hydrogen) atoms. The highest BCUT2D eigenvalue weighted by Gasteiger charge is 2.33. The molecular weight excluding hydrogens is 292 g/mol. The molecule has 0 aromatic heterocycles. The zero-order valence-electron chi connectivity index (χ0n) is 13.2. The summed E-state index contributed by atoms with van der Waals surface area (Å²) in [7, 11) is 1.59. The lowest BCUT2D eigenvalue weighted by atomic mass is 9.81. The quantitative estimate of drug-likeness (QED) is 0.793. The van der Waals surface area contributed by atoms with Gasteiger partial charge in [-0.3, -0.25) is 9.59 Å². The molecule has 5 heteroatoms. The van der Waals surface area contributed by atoms with Crippen LogP contribution in [0.3, 0.4) is 0 Å². The Kier molecular flexibility index (Phi) is 5.97. The van der Waals surface area contributed by atoms with E-state index in [1.807, 2.05) is 12.2 Å². The van der Waals surface area contributed by atoms with Gasteiger partial charge in [-0.05, 0) is 37.1 Å². The van der Waals surface area contributed by atoms with Crippen LogP contribution in [-0.4, -0.2) is 25.5 Å². The number of nitrogens with one attached hydrogen (secondary N) is 2. The largest absolute Gasteiger partial charge is 0.497 e. The highest BCUT2D eigenvalue weighted by atomic mass is 16.5. The zero-order chi connectivity index (χ0) is 16.7. The molecule has 0 spiro atoms. The molecule has 0 bridgehead atoms. The van der Waals surface area contributed by atoms with E-state index in [0.717, 1.165) is 5.75 Å². The molecule has 0 heterocycles. The standard InChI is InChI=1S/C18H22N2O3/c1-3-12-19-17(21)15-6-4-5-7-16(15)18(22)20-13-8-10-14(23-2)11-9-13/h3-5,8-11,15-16H,1,6-7,12H2,2H3,(H,19,21)(H,20,22). The van der Waals surface area contributed by atoms with Crippen LogP contribution in [0.25, 0.3) is 0 Å². The Balaban J connectivity index is 2.03. The smallest absolute Gasteiger partial charge is 0.228 e. The lowest BCUT2D eigenvalue weighted by Gasteiger charge is -2.26. The van der Waals surface area contributed by atoms with Gasteiger partial charge in [0.05, 0.1) is 18.9 Å². The number of amides is 2. The third-order valence-corrected chi connectivity index (χ3v) is 3.88. The molecule has 0 fully saturated rings. The van der Waals surface area contributed by atoms with Gasteiger partial charge in [-0.2, -0.15) is 0 Å². The van der Waals surface area contributed by atoms with Crippen LogP contribution >= 0.6 is 0 Å². The van der Waals surface area contributed by atoms with Gasteiger partial charge in [0.2, 0.25) is 11.8 Å². The molecule has 1 aromatic rings. The first-order valence-corrected chi connectivity index (χ1v) is 7.64. The Hall–Kier alpha value is -2.56.